The fraction of sp³-hybridized carbons (Fsp3) is 0.471. The highest BCUT2D eigenvalue weighted by molar-refractivity contribution is 7.89. The van der Waals surface area contributed by atoms with Gasteiger partial charge in [0.05, 0.1) is 6.54 Å². The Morgan fingerprint density at radius 1 is 1.32 bits per heavy atom. The smallest absolute Gasteiger partial charge is 0.270 e. The van der Waals surface area contributed by atoms with Crippen LogP contribution >= 0.6 is 11.3 Å². The highest BCUT2D eigenvalue weighted by atomic mass is 32.2. The number of carbonyl (C=O) groups is 1. The normalized spacial score (nSPS) is 15.6. The van der Waals surface area contributed by atoms with Crippen LogP contribution in [0.1, 0.15) is 33.8 Å². The predicted octanol–water partition coefficient (Wildman–Crippen LogP) is 2.45. The lowest BCUT2D eigenvalue weighted by Gasteiger charge is -2.17. The topological polar surface area (TPSA) is 62.6 Å². The largest absolute Gasteiger partial charge is 0.345 e. The fourth-order valence-corrected chi connectivity index (χ4v) is 5.56. The van der Waals surface area contributed by atoms with Gasteiger partial charge in [-0.05, 0) is 42.8 Å². The number of aryl methyl sites for hydroxylation is 2. The number of thiophene rings is 1. The number of nitrogens with zero attached hydrogens (tertiary/aromatic N) is 3. The van der Waals surface area contributed by atoms with Crippen molar-refractivity contribution in [2.45, 2.75) is 31.2 Å². The highest BCUT2D eigenvalue weighted by Gasteiger charge is 2.30. The van der Waals surface area contributed by atoms with Crippen molar-refractivity contribution >= 4 is 27.3 Å². The van der Waals surface area contributed by atoms with Gasteiger partial charge in [0.25, 0.3) is 5.91 Å². The van der Waals surface area contributed by atoms with Crippen LogP contribution in [0.4, 0.5) is 0 Å². The monoisotopic (exact) mass is 381 g/mol. The van der Waals surface area contributed by atoms with Crippen molar-refractivity contribution in [3.8, 4) is 0 Å². The molecule has 3 rings (SSSR count). The van der Waals surface area contributed by atoms with Crippen molar-refractivity contribution in [1.82, 2.24) is 13.8 Å². The molecule has 25 heavy (non-hydrogen) atoms. The Kier molecular flexibility index (Phi) is 5.04. The lowest BCUT2D eigenvalue weighted by molar-refractivity contribution is 0.0777. The van der Waals surface area contributed by atoms with Crippen molar-refractivity contribution in [3.63, 3.8) is 0 Å². The van der Waals surface area contributed by atoms with Gasteiger partial charge in [-0.2, -0.15) is 4.31 Å². The molecular weight excluding hydrogens is 358 g/mol. The summed E-state index contributed by atoms with van der Waals surface area (Å²) in [5, 5.41) is 2.01. The second-order valence-electron chi connectivity index (χ2n) is 6.47. The van der Waals surface area contributed by atoms with E-state index in [2.05, 4.69) is 0 Å². The molecule has 0 N–H and O–H groups in total. The summed E-state index contributed by atoms with van der Waals surface area (Å²) in [4.78, 5) is 15.7. The Morgan fingerprint density at radius 2 is 2.00 bits per heavy atom. The van der Waals surface area contributed by atoms with Crippen molar-refractivity contribution in [1.29, 1.82) is 0 Å². The Morgan fingerprint density at radius 3 is 2.60 bits per heavy atom. The minimum Gasteiger partial charge on any atom is -0.345 e. The molecule has 0 atom stereocenters. The minimum absolute atomic E-state index is 0.182. The molecule has 1 fully saturated rings. The molecule has 0 aromatic carbocycles. The van der Waals surface area contributed by atoms with E-state index < -0.39 is 10.0 Å². The number of sulfonamides is 1. The summed E-state index contributed by atoms with van der Waals surface area (Å²) in [6.07, 6.45) is 3.31. The summed E-state index contributed by atoms with van der Waals surface area (Å²) in [6.45, 7) is 3.64. The fourth-order valence-electron chi connectivity index (χ4n) is 3.01. The molecule has 1 saturated heterocycles. The van der Waals surface area contributed by atoms with Gasteiger partial charge in [-0.15, -0.1) is 11.3 Å². The molecule has 6 nitrogen and oxygen atoms in total. The number of rotatable bonds is 5. The first-order valence-corrected chi connectivity index (χ1v) is 10.6. The Bertz CT molecular complexity index is 877. The highest BCUT2D eigenvalue weighted by Crippen LogP contribution is 2.24. The molecule has 8 heteroatoms. The number of carbonyl (C=O) groups excluding carboxylic acids is 1. The van der Waals surface area contributed by atoms with Gasteiger partial charge >= 0.3 is 0 Å². The first-order chi connectivity index (χ1) is 11.8. The molecular formula is C17H23N3O3S2. The minimum atomic E-state index is -3.51. The molecule has 1 aliphatic rings. The molecule has 2 aromatic rings. The maximum atomic E-state index is 12.8. The molecule has 136 valence electrons. The van der Waals surface area contributed by atoms with Crippen LogP contribution in [0.3, 0.4) is 0 Å². The Balaban J connectivity index is 1.82. The zero-order valence-electron chi connectivity index (χ0n) is 14.7. The second-order valence-corrected chi connectivity index (χ2v) is 9.41. The lowest BCUT2D eigenvalue weighted by Crippen LogP contribution is -2.28. The number of amides is 1. The van der Waals surface area contributed by atoms with E-state index in [0.717, 1.165) is 23.3 Å². The molecule has 0 spiro atoms. The molecule has 0 saturated carbocycles. The van der Waals surface area contributed by atoms with Crippen LogP contribution in [0.25, 0.3) is 0 Å². The molecule has 2 aromatic heterocycles. The van der Waals surface area contributed by atoms with E-state index in [1.165, 1.54) is 16.6 Å². The van der Waals surface area contributed by atoms with E-state index in [-0.39, 0.29) is 10.8 Å². The lowest BCUT2D eigenvalue weighted by atomic mass is 10.2. The first-order valence-electron chi connectivity index (χ1n) is 8.25. The summed E-state index contributed by atoms with van der Waals surface area (Å²) in [7, 11) is -0.0644. The molecule has 0 aliphatic carbocycles. The van der Waals surface area contributed by atoms with Crippen LogP contribution in [-0.4, -0.2) is 48.2 Å². The average molecular weight is 382 g/mol. The maximum absolute atomic E-state index is 12.8. The van der Waals surface area contributed by atoms with Gasteiger partial charge in [0, 0.05) is 38.3 Å². The van der Waals surface area contributed by atoms with E-state index >= 15 is 0 Å². The van der Waals surface area contributed by atoms with Gasteiger partial charge in [0.2, 0.25) is 10.0 Å². The van der Waals surface area contributed by atoms with Crippen LogP contribution in [0, 0.1) is 6.92 Å². The van der Waals surface area contributed by atoms with Crippen LogP contribution in [0.15, 0.2) is 28.6 Å². The summed E-state index contributed by atoms with van der Waals surface area (Å²) in [5.74, 6) is -0.182. The van der Waals surface area contributed by atoms with Gasteiger partial charge in [0.1, 0.15) is 10.6 Å². The molecule has 0 unspecified atom stereocenters. The standard InChI is InChI=1S/C17H23N3O3S2/c1-13-6-9-24-16(13)12-19(3)17(21)15-10-14(11-18(15)2)25(22,23)20-7-4-5-8-20/h6,9-11H,4-5,7-8,12H2,1-3H3. The zero-order chi connectivity index (χ0) is 18.2. The van der Waals surface area contributed by atoms with Crippen LogP contribution in [0.5, 0.6) is 0 Å². The Labute approximate surface area is 152 Å². The van der Waals surface area contributed by atoms with E-state index in [1.54, 1.807) is 34.9 Å². The zero-order valence-corrected chi connectivity index (χ0v) is 16.4. The summed E-state index contributed by atoms with van der Waals surface area (Å²) < 4.78 is 28.5. The third-order valence-corrected chi connectivity index (χ3v) is 7.47. The quantitative estimate of drug-likeness (QED) is 0.799. The van der Waals surface area contributed by atoms with Crippen LogP contribution in [0.2, 0.25) is 0 Å². The van der Waals surface area contributed by atoms with Crippen LogP contribution < -0.4 is 0 Å². The maximum Gasteiger partial charge on any atom is 0.270 e. The summed E-state index contributed by atoms with van der Waals surface area (Å²) in [5.41, 5.74) is 1.54. The van der Waals surface area contributed by atoms with Crippen molar-refractivity contribution in [2.75, 3.05) is 20.1 Å². The molecule has 1 amide bonds. The van der Waals surface area contributed by atoms with Gasteiger partial charge in [-0.1, -0.05) is 0 Å². The third kappa shape index (κ3) is 3.51. The van der Waals surface area contributed by atoms with E-state index in [1.807, 2.05) is 18.4 Å². The van der Waals surface area contributed by atoms with Crippen molar-refractivity contribution in [2.24, 2.45) is 7.05 Å². The van der Waals surface area contributed by atoms with Crippen molar-refractivity contribution < 1.29 is 13.2 Å². The number of hydrogen-bond donors (Lipinski definition) is 0. The Hall–Kier alpha value is -1.64. The van der Waals surface area contributed by atoms with Gasteiger partial charge in [-0.25, -0.2) is 8.42 Å². The summed E-state index contributed by atoms with van der Waals surface area (Å²) >= 11 is 1.62. The molecule has 1 aliphatic heterocycles. The van der Waals surface area contributed by atoms with Gasteiger partial charge in [-0.3, -0.25) is 4.79 Å². The van der Waals surface area contributed by atoms with E-state index in [4.69, 9.17) is 0 Å². The predicted molar refractivity (Wildman–Crippen MR) is 98.3 cm³/mol. The average Bonchev–Trinajstić information content (AvgIpc) is 3.29. The number of hydrogen-bond acceptors (Lipinski definition) is 4. The molecule has 3 heterocycles. The molecule has 0 bridgehead atoms. The van der Waals surface area contributed by atoms with Crippen molar-refractivity contribution in [3.05, 3.63) is 39.8 Å². The van der Waals surface area contributed by atoms with Gasteiger partial charge in [0.15, 0.2) is 0 Å². The third-order valence-electron chi connectivity index (χ3n) is 4.60. The van der Waals surface area contributed by atoms with Crippen LogP contribution in [-0.2, 0) is 23.6 Å². The molecule has 0 radical (unpaired) electrons. The van der Waals surface area contributed by atoms with E-state index in [0.29, 0.717) is 25.3 Å². The summed E-state index contributed by atoms with van der Waals surface area (Å²) in [6, 6.07) is 3.52. The second kappa shape index (κ2) is 6.93. The SMILES string of the molecule is Cc1ccsc1CN(C)C(=O)c1cc(S(=O)(=O)N2CCCC2)cn1C. The first kappa shape index (κ1) is 18.2. The van der Waals surface area contributed by atoms with Gasteiger partial charge < -0.3 is 9.47 Å². The van der Waals surface area contributed by atoms with E-state index in [9.17, 15) is 13.2 Å². The number of aromatic nitrogens is 1.